The number of fused-ring (bicyclic) bond motifs is 1. The van der Waals surface area contributed by atoms with E-state index in [-0.39, 0.29) is 18.2 Å². The summed E-state index contributed by atoms with van der Waals surface area (Å²) in [5.41, 5.74) is 2.55. The SMILES string of the molecule is O=C1c2[nH]nc(-c3cc(Cl)ccc3O)c2C(c2ccc(Cl)c(Cl)c2)N1Cc1ccco1. The molecule has 0 radical (unpaired) electrons. The van der Waals surface area contributed by atoms with Crippen LogP contribution in [-0.2, 0) is 6.54 Å². The molecule has 9 heteroatoms. The number of hydrogen-bond acceptors (Lipinski definition) is 4. The third-order valence-electron chi connectivity index (χ3n) is 5.24. The number of halogens is 3. The van der Waals surface area contributed by atoms with Gasteiger partial charge in [0.1, 0.15) is 22.9 Å². The standard InChI is InChI=1S/C22H14Cl3N3O3/c23-12-4-6-17(29)14(9-12)19-18-20(27-26-19)22(30)28(10-13-2-1-7-31-13)21(18)11-3-5-15(24)16(25)8-11/h1-9,21,29H,10H2,(H,26,27). The summed E-state index contributed by atoms with van der Waals surface area (Å²) in [4.78, 5) is 15.0. The van der Waals surface area contributed by atoms with Crippen molar-refractivity contribution in [3.8, 4) is 17.0 Å². The molecular formula is C22H14Cl3N3O3. The molecule has 4 aromatic rings. The number of hydrogen-bond donors (Lipinski definition) is 2. The van der Waals surface area contributed by atoms with Crippen LogP contribution in [0.3, 0.4) is 0 Å². The van der Waals surface area contributed by atoms with E-state index >= 15 is 0 Å². The van der Waals surface area contributed by atoms with Gasteiger partial charge in [-0.2, -0.15) is 5.10 Å². The number of furan rings is 1. The van der Waals surface area contributed by atoms with Gasteiger partial charge in [0.25, 0.3) is 5.91 Å². The highest BCUT2D eigenvalue weighted by molar-refractivity contribution is 6.42. The van der Waals surface area contributed by atoms with Gasteiger partial charge in [0.15, 0.2) is 0 Å². The molecule has 3 heterocycles. The highest BCUT2D eigenvalue weighted by Crippen LogP contribution is 2.46. The number of aromatic hydroxyl groups is 1. The quantitative estimate of drug-likeness (QED) is 0.375. The van der Waals surface area contributed by atoms with Crippen molar-refractivity contribution in [2.75, 3.05) is 0 Å². The summed E-state index contributed by atoms with van der Waals surface area (Å²) in [6, 6.07) is 12.9. The van der Waals surface area contributed by atoms with Crippen LogP contribution in [0.25, 0.3) is 11.3 Å². The zero-order valence-electron chi connectivity index (χ0n) is 15.8. The Balaban J connectivity index is 1.70. The monoisotopic (exact) mass is 473 g/mol. The van der Waals surface area contributed by atoms with Gasteiger partial charge in [-0.1, -0.05) is 40.9 Å². The van der Waals surface area contributed by atoms with Gasteiger partial charge >= 0.3 is 0 Å². The van der Waals surface area contributed by atoms with Crippen LogP contribution >= 0.6 is 34.8 Å². The van der Waals surface area contributed by atoms with E-state index in [4.69, 9.17) is 39.2 Å². The summed E-state index contributed by atoms with van der Waals surface area (Å²) in [6.07, 6.45) is 1.56. The Morgan fingerprint density at radius 2 is 1.94 bits per heavy atom. The number of benzene rings is 2. The van der Waals surface area contributed by atoms with E-state index in [2.05, 4.69) is 10.2 Å². The van der Waals surface area contributed by atoms with Crippen molar-refractivity contribution in [1.29, 1.82) is 0 Å². The molecule has 1 aliphatic rings. The number of nitrogens with one attached hydrogen (secondary N) is 1. The molecule has 0 fully saturated rings. The van der Waals surface area contributed by atoms with Gasteiger partial charge < -0.3 is 14.4 Å². The highest BCUT2D eigenvalue weighted by Gasteiger charge is 2.43. The third kappa shape index (κ3) is 3.37. The molecule has 31 heavy (non-hydrogen) atoms. The van der Waals surface area contributed by atoms with Crippen molar-refractivity contribution in [3.63, 3.8) is 0 Å². The van der Waals surface area contributed by atoms with E-state index in [0.717, 1.165) is 5.56 Å². The summed E-state index contributed by atoms with van der Waals surface area (Å²) in [6.45, 7) is 0.236. The number of phenolic OH excluding ortho intramolecular Hbond substituents is 1. The Bertz CT molecular complexity index is 1300. The largest absolute Gasteiger partial charge is 0.507 e. The Morgan fingerprint density at radius 1 is 1.10 bits per heavy atom. The lowest BCUT2D eigenvalue weighted by Gasteiger charge is -2.26. The minimum Gasteiger partial charge on any atom is -0.507 e. The lowest BCUT2D eigenvalue weighted by atomic mass is 9.95. The number of rotatable bonds is 4. The molecule has 1 atom stereocenters. The van der Waals surface area contributed by atoms with Gasteiger partial charge in [0.05, 0.1) is 28.9 Å². The third-order valence-corrected chi connectivity index (χ3v) is 6.22. The first-order chi connectivity index (χ1) is 14.9. The minimum absolute atomic E-state index is 0.00326. The molecule has 0 bridgehead atoms. The van der Waals surface area contributed by atoms with Crippen LogP contribution < -0.4 is 0 Å². The lowest BCUT2D eigenvalue weighted by molar-refractivity contribution is 0.0717. The van der Waals surface area contributed by atoms with Crippen molar-refractivity contribution >= 4 is 40.7 Å². The van der Waals surface area contributed by atoms with E-state index < -0.39 is 6.04 Å². The van der Waals surface area contributed by atoms with E-state index in [1.165, 1.54) is 6.07 Å². The van der Waals surface area contributed by atoms with E-state index in [1.54, 1.807) is 47.6 Å². The maximum Gasteiger partial charge on any atom is 0.273 e. The molecule has 6 nitrogen and oxygen atoms in total. The van der Waals surface area contributed by atoms with Crippen LogP contribution in [0.5, 0.6) is 5.75 Å². The molecule has 1 aliphatic heterocycles. The van der Waals surface area contributed by atoms with Crippen LogP contribution in [0.4, 0.5) is 0 Å². The Kier molecular flexibility index (Phi) is 4.93. The van der Waals surface area contributed by atoms with Crippen LogP contribution in [0.2, 0.25) is 15.1 Å². The number of amides is 1. The number of phenols is 1. The Morgan fingerprint density at radius 3 is 2.68 bits per heavy atom. The van der Waals surface area contributed by atoms with Gasteiger partial charge in [0.2, 0.25) is 0 Å². The number of nitrogens with zero attached hydrogens (tertiary/aromatic N) is 2. The molecule has 0 saturated heterocycles. The zero-order chi connectivity index (χ0) is 21.7. The van der Waals surface area contributed by atoms with Crippen molar-refractivity contribution in [3.05, 3.63) is 92.4 Å². The predicted molar refractivity (Wildman–Crippen MR) is 118 cm³/mol. The molecule has 1 unspecified atom stereocenters. The van der Waals surface area contributed by atoms with Crippen molar-refractivity contribution in [1.82, 2.24) is 15.1 Å². The van der Waals surface area contributed by atoms with Gasteiger partial charge in [-0.3, -0.25) is 9.89 Å². The van der Waals surface area contributed by atoms with Crippen molar-refractivity contribution in [2.24, 2.45) is 0 Å². The van der Waals surface area contributed by atoms with Crippen molar-refractivity contribution in [2.45, 2.75) is 12.6 Å². The molecule has 5 rings (SSSR count). The fourth-order valence-electron chi connectivity index (χ4n) is 3.86. The van der Waals surface area contributed by atoms with Gasteiger partial charge in [-0.25, -0.2) is 0 Å². The number of aromatic nitrogens is 2. The van der Waals surface area contributed by atoms with Crippen LogP contribution in [0.15, 0.2) is 59.2 Å². The number of H-pyrrole nitrogens is 1. The summed E-state index contributed by atoms with van der Waals surface area (Å²) in [7, 11) is 0. The van der Waals surface area contributed by atoms with Gasteiger partial charge in [-0.15, -0.1) is 0 Å². The van der Waals surface area contributed by atoms with Crippen LogP contribution in [0.1, 0.15) is 33.4 Å². The van der Waals surface area contributed by atoms with Crippen molar-refractivity contribution < 1.29 is 14.3 Å². The normalized spacial score (nSPS) is 15.5. The molecule has 156 valence electrons. The molecule has 2 aromatic heterocycles. The summed E-state index contributed by atoms with van der Waals surface area (Å²) in [5, 5.41) is 18.8. The smallest absolute Gasteiger partial charge is 0.273 e. The number of carbonyl (C=O) groups is 1. The second-order valence-electron chi connectivity index (χ2n) is 7.11. The first-order valence-electron chi connectivity index (χ1n) is 9.29. The topological polar surface area (TPSA) is 82.4 Å². The summed E-state index contributed by atoms with van der Waals surface area (Å²) < 4.78 is 5.47. The molecule has 0 aliphatic carbocycles. The molecular weight excluding hydrogens is 461 g/mol. The van der Waals surface area contributed by atoms with E-state index in [9.17, 15) is 9.90 Å². The number of carbonyl (C=O) groups excluding carboxylic acids is 1. The Labute approximate surface area is 192 Å². The lowest BCUT2D eigenvalue weighted by Crippen LogP contribution is -2.29. The Hall–Kier alpha value is -2.93. The maximum absolute atomic E-state index is 13.3. The molecule has 2 aromatic carbocycles. The van der Waals surface area contributed by atoms with Gasteiger partial charge in [-0.05, 0) is 48.0 Å². The average molecular weight is 475 g/mol. The number of aromatic amines is 1. The zero-order valence-corrected chi connectivity index (χ0v) is 18.0. The fraction of sp³-hybridized carbons (Fsp3) is 0.0909. The van der Waals surface area contributed by atoms with Crippen LogP contribution in [0, 0.1) is 0 Å². The first kappa shape index (κ1) is 20.0. The molecule has 2 N–H and O–H groups in total. The summed E-state index contributed by atoms with van der Waals surface area (Å²) >= 11 is 18.6. The van der Waals surface area contributed by atoms with E-state index in [1.807, 2.05) is 6.07 Å². The average Bonchev–Trinajstić information content (AvgIpc) is 3.46. The second-order valence-corrected chi connectivity index (χ2v) is 8.36. The fourth-order valence-corrected chi connectivity index (χ4v) is 4.34. The molecule has 1 amide bonds. The van der Waals surface area contributed by atoms with Crippen LogP contribution in [-0.4, -0.2) is 26.1 Å². The summed E-state index contributed by atoms with van der Waals surface area (Å²) in [5.74, 6) is 0.384. The maximum atomic E-state index is 13.3. The second kappa shape index (κ2) is 7.64. The van der Waals surface area contributed by atoms with Gasteiger partial charge in [0, 0.05) is 16.1 Å². The highest BCUT2D eigenvalue weighted by atomic mass is 35.5. The predicted octanol–water partition coefficient (Wildman–Crippen LogP) is 6.08. The first-order valence-corrected chi connectivity index (χ1v) is 10.4. The molecule has 0 saturated carbocycles. The van der Waals surface area contributed by atoms with E-state index in [0.29, 0.717) is 43.3 Å². The molecule has 0 spiro atoms. The minimum atomic E-state index is -0.533.